The van der Waals surface area contributed by atoms with E-state index in [-0.39, 0.29) is 25.1 Å². The Hall–Kier alpha value is -2.32. The third kappa shape index (κ3) is 4.08. The van der Waals surface area contributed by atoms with Gasteiger partial charge in [0.05, 0.1) is 13.7 Å². The Balaban J connectivity index is 1.52. The molecule has 2 heterocycles. The van der Waals surface area contributed by atoms with Crippen molar-refractivity contribution in [3.05, 3.63) is 24.3 Å². The maximum atomic E-state index is 12.6. The SMILES string of the molecule is COc1ccc(N2CCN(CC(=O)N3CCN(CCO)CC3)C2=O)cc1. The van der Waals surface area contributed by atoms with Gasteiger partial charge in [0.2, 0.25) is 5.91 Å². The number of hydrogen-bond acceptors (Lipinski definition) is 5. The minimum absolute atomic E-state index is 0.0152. The van der Waals surface area contributed by atoms with E-state index >= 15 is 0 Å². The molecule has 0 aliphatic carbocycles. The smallest absolute Gasteiger partial charge is 0.325 e. The summed E-state index contributed by atoms with van der Waals surface area (Å²) in [7, 11) is 1.60. The van der Waals surface area contributed by atoms with Crippen molar-refractivity contribution < 1.29 is 19.4 Å². The molecule has 0 aromatic heterocycles. The molecule has 0 bridgehead atoms. The Morgan fingerprint density at radius 1 is 1.08 bits per heavy atom. The van der Waals surface area contributed by atoms with E-state index in [2.05, 4.69) is 4.90 Å². The highest BCUT2D eigenvalue weighted by Gasteiger charge is 2.32. The minimum atomic E-state index is -0.137. The Bertz CT molecular complexity index is 629. The van der Waals surface area contributed by atoms with E-state index in [1.165, 1.54) is 0 Å². The first-order valence-corrected chi connectivity index (χ1v) is 8.94. The van der Waals surface area contributed by atoms with Gasteiger partial charge in [0.25, 0.3) is 0 Å². The first-order chi connectivity index (χ1) is 12.6. The number of aliphatic hydroxyl groups is 1. The molecule has 3 amide bonds. The molecule has 1 aromatic carbocycles. The largest absolute Gasteiger partial charge is 0.497 e. The molecule has 0 radical (unpaired) electrons. The average Bonchev–Trinajstić information content (AvgIpc) is 3.03. The lowest BCUT2D eigenvalue weighted by Crippen LogP contribution is -2.52. The first kappa shape index (κ1) is 18.5. The number of methoxy groups -OCH3 is 1. The second-order valence-corrected chi connectivity index (χ2v) is 6.50. The number of aliphatic hydroxyl groups excluding tert-OH is 1. The van der Waals surface area contributed by atoms with Crippen molar-refractivity contribution in [2.24, 2.45) is 0 Å². The summed E-state index contributed by atoms with van der Waals surface area (Å²) in [5.74, 6) is 0.728. The number of urea groups is 1. The number of amides is 3. The third-order valence-electron chi connectivity index (χ3n) is 4.95. The molecule has 8 heteroatoms. The molecule has 1 aromatic rings. The van der Waals surface area contributed by atoms with Gasteiger partial charge >= 0.3 is 6.03 Å². The van der Waals surface area contributed by atoms with Crippen molar-refractivity contribution in [1.29, 1.82) is 0 Å². The Morgan fingerprint density at radius 2 is 1.77 bits per heavy atom. The molecule has 1 N–H and O–H groups in total. The van der Waals surface area contributed by atoms with E-state index in [1.807, 2.05) is 24.3 Å². The van der Waals surface area contributed by atoms with Crippen LogP contribution in [0.25, 0.3) is 0 Å². The Kier molecular flexibility index (Phi) is 5.95. The molecule has 2 saturated heterocycles. The highest BCUT2D eigenvalue weighted by Crippen LogP contribution is 2.23. The number of carbonyl (C=O) groups excluding carboxylic acids is 2. The zero-order valence-electron chi connectivity index (χ0n) is 15.1. The molecule has 8 nitrogen and oxygen atoms in total. The van der Waals surface area contributed by atoms with Crippen LogP contribution in [0, 0.1) is 0 Å². The standard InChI is InChI=1S/C18H26N4O4/c1-26-16-4-2-15(3-5-16)22-11-10-21(18(22)25)14-17(24)20-8-6-19(7-9-20)12-13-23/h2-5,23H,6-14H2,1H3. The maximum absolute atomic E-state index is 12.6. The van der Waals surface area contributed by atoms with Crippen LogP contribution >= 0.6 is 0 Å². The van der Waals surface area contributed by atoms with Crippen molar-refractivity contribution in [2.75, 3.05) is 71.0 Å². The summed E-state index contributed by atoms with van der Waals surface area (Å²) >= 11 is 0. The third-order valence-corrected chi connectivity index (χ3v) is 4.95. The van der Waals surface area contributed by atoms with Crippen LogP contribution in [0.15, 0.2) is 24.3 Å². The molecule has 2 aliphatic rings. The molecule has 3 rings (SSSR count). The number of benzene rings is 1. The number of hydrogen-bond donors (Lipinski definition) is 1. The lowest BCUT2D eigenvalue weighted by molar-refractivity contribution is -0.133. The van der Waals surface area contributed by atoms with E-state index in [1.54, 1.807) is 21.8 Å². The number of ether oxygens (including phenoxy) is 1. The normalized spacial score (nSPS) is 18.5. The van der Waals surface area contributed by atoms with Crippen molar-refractivity contribution in [1.82, 2.24) is 14.7 Å². The fourth-order valence-electron chi connectivity index (χ4n) is 3.36. The molecule has 0 spiro atoms. The van der Waals surface area contributed by atoms with Crippen molar-refractivity contribution in [3.8, 4) is 5.75 Å². The van der Waals surface area contributed by atoms with Crippen LogP contribution < -0.4 is 9.64 Å². The Morgan fingerprint density at radius 3 is 2.38 bits per heavy atom. The van der Waals surface area contributed by atoms with Crippen LogP contribution in [0.3, 0.4) is 0 Å². The van der Waals surface area contributed by atoms with Gasteiger partial charge in [-0.15, -0.1) is 0 Å². The zero-order valence-corrected chi connectivity index (χ0v) is 15.1. The highest BCUT2D eigenvalue weighted by atomic mass is 16.5. The van der Waals surface area contributed by atoms with Gasteiger partial charge in [0, 0.05) is 51.5 Å². The van der Waals surface area contributed by atoms with Gasteiger partial charge < -0.3 is 19.6 Å². The topological polar surface area (TPSA) is 76.6 Å². The highest BCUT2D eigenvalue weighted by molar-refractivity contribution is 5.96. The molecule has 0 unspecified atom stereocenters. The predicted octanol–water partition coefficient (Wildman–Crippen LogP) is 0.0737. The van der Waals surface area contributed by atoms with Gasteiger partial charge in [0.15, 0.2) is 0 Å². The summed E-state index contributed by atoms with van der Waals surface area (Å²) in [5, 5.41) is 8.98. The fraction of sp³-hybridized carbons (Fsp3) is 0.556. The molecular formula is C18H26N4O4. The van der Waals surface area contributed by atoms with Crippen molar-refractivity contribution in [3.63, 3.8) is 0 Å². The Labute approximate surface area is 153 Å². The van der Waals surface area contributed by atoms with Crippen LogP contribution in [0.2, 0.25) is 0 Å². The van der Waals surface area contributed by atoms with Gasteiger partial charge in [-0.1, -0.05) is 0 Å². The second kappa shape index (κ2) is 8.37. The van der Waals surface area contributed by atoms with E-state index < -0.39 is 0 Å². The maximum Gasteiger partial charge on any atom is 0.325 e. The van der Waals surface area contributed by atoms with Crippen LogP contribution in [0.1, 0.15) is 0 Å². The average molecular weight is 362 g/mol. The molecule has 0 atom stereocenters. The van der Waals surface area contributed by atoms with E-state index in [0.29, 0.717) is 32.7 Å². The van der Waals surface area contributed by atoms with Crippen LogP contribution in [-0.2, 0) is 4.79 Å². The number of piperazine rings is 1. The molecule has 142 valence electrons. The summed E-state index contributed by atoms with van der Waals surface area (Å²) in [6.07, 6.45) is 0. The van der Waals surface area contributed by atoms with Crippen LogP contribution in [0.4, 0.5) is 10.5 Å². The molecular weight excluding hydrogens is 336 g/mol. The quantitative estimate of drug-likeness (QED) is 0.775. The summed E-state index contributed by atoms with van der Waals surface area (Å²) in [4.78, 5) is 32.4. The second-order valence-electron chi connectivity index (χ2n) is 6.50. The van der Waals surface area contributed by atoms with Crippen LogP contribution in [0.5, 0.6) is 5.75 Å². The predicted molar refractivity (Wildman–Crippen MR) is 97.4 cm³/mol. The summed E-state index contributed by atoms with van der Waals surface area (Å²) < 4.78 is 5.14. The van der Waals surface area contributed by atoms with Gasteiger partial charge in [0.1, 0.15) is 12.3 Å². The molecule has 26 heavy (non-hydrogen) atoms. The molecule has 2 fully saturated rings. The number of anilines is 1. The molecule has 2 aliphatic heterocycles. The number of rotatable bonds is 6. The van der Waals surface area contributed by atoms with Gasteiger partial charge in [-0.2, -0.15) is 0 Å². The fourth-order valence-corrected chi connectivity index (χ4v) is 3.36. The minimum Gasteiger partial charge on any atom is -0.497 e. The number of β-amino-alcohol motifs (C(OH)–C–C–N with tert-alkyl or cyclic N) is 1. The van der Waals surface area contributed by atoms with Gasteiger partial charge in [-0.25, -0.2) is 4.79 Å². The van der Waals surface area contributed by atoms with Crippen molar-refractivity contribution in [2.45, 2.75) is 0 Å². The van der Waals surface area contributed by atoms with Gasteiger partial charge in [-0.3, -0.25) is 14.6 Å². The number of nitrogens with zero attached hydrogens (tertiary/aromatic N) is 4. The molecule has 0 saturated carbocycles. The van der Waals surface area contributed by atoms with Gasteiger partial charge in [-0.05, 0) is 24.3 Å². The monoisotopic (exact) mass is 362 g/mol. The van der Waals surface area contributed by atoms with Crippen molar-refractivity contribution >= 4 is 17.6 Å². The van der Waals surface area contributed by atoms with Crippen LogP contribution in [-0.4, -0.2) is 97.8 Å². The van der Waals surface area contributed by atoms with E-state index in [9.17, 15) is 9.59 Å². The van der Waals surface area contributed by atoms with E-state index in [0.717, 1.165) is 24.5 Å². The summed E-state index contributed by atoms with van der Waals surface area (Å²) in [6.45, 7) is 4.82. The number of carbonyl (C=O) groups is 2. The lowest BCUT2D eigenvalue weighted by atomic mass is 10.3. The zero-order chi connectivity index (χ0) is 18.5. The lowest BCUT2D eigenvalue weighted by Gasteiger charge is -2.35. The first-order valence-electron chi connectivity index (χ1n) is 8.94. The summed E-state index contributed by atoms with van der Waals surface area (Å²) in [6, 6.07) is 7.21. The summed E-state index contributed by atoms with van der Waals surface area (Å²) in [5.41, 5.74) is 0.809. The van der Waals surface area contributed by atoms with E-state index in [4.69, 9.17) is 9.84 Å².